The largest absolute Gasteiger partial charge is 0.465 e. The van der Waals surface area contributed by atoms with Gasteiger partial charge in [-0.15, -0.1) is 0 Å². The number of rotatable bonds is 5. The van der Waals surface area contributed by atoms with Gasteiger partial charge < -0.3 is 18.9 Å². The maximum atomic E-state index is 12.3. The molecular formula is C28H33ClN2O4. The van der Waals surface area contributed by atoms with Gasteiger partial charge in [0.25, 0.3) is 0 Å². The Balaban J connectivity index is 1.41. The van der Waals surface area contributed by atoms with E-state index in [0.717, 1.165) is 43.6 Å². The molecule has 1 fully saturated rings. The molecule has 1 saturated heterocycles. The third-order valence-electron chi connectivity index (χ3n) is 6.43. The van der Waals surface area contributed by atoms with Crippen LogP contribution < -0.4 is 0 Å². The van der Waals surface area contributed by atoms with Crippen LogP contribution in [0.15, 0.2) is 48.7 Å². The third kappa shape index (κ3) is 6.17. The zero-order valence-electron chi connectivity index (χ0n) is 20.8. The van der Waals surface area contributed by atoms with Crippen LogP contribution in [0.2, 0.25) is 5.02 Å². The summed E-state index contributed by atoms with van der Waals surface area (Å²) in [6.45, 7) is 8.07. The van der Waals surface area contributed by atoms with Crippen molar-refractivity contribution in [3.05, 3.63) is 70.4 Å². The van der Waals surface area contributed by atoms with Crippen molar-refractivity contribution < 1.29 is 19.1 Å². The summed E-state index contributed by atoms with van der Waals surface area (Å²) in [7, 11) is 1.38. The fourth-order valence-electron chi connectivity index (χ4n) is 4.64. The molecule has 7 heteroatoms. The quantitative estimate of drug-likeness (QED) is 0.388. The molecule has 1 aliphatic heterocycles. The average Bonchev–Trinajstić information content (AvgIpc) is 3.21. The van der Waals surface area contributed by atoms with Crippen LogP contribution in [0.5, 0.6) is 0 Å². The summed E-state index contributed by atoms with van der Waals surface area (Å²) in [5.74, 6) is 0.132. The zero-order chi connectivity index (χ0) is 25.2. The minimum Gasteiger partial charge on any atom is -0.465 e. The highest BCUT2D eigenvalue weighted by atomic mass is 35.5. The minimum atomic E-state index is -0.467. The van der Waals surface area contributed by atoms with E-state index in [4.69, 9.17) is 21.1 Å². The first-order chi connectivity index (χ1) is 16.6. The molecule has 1 amide bonds. The fraction of sp³-hybridized carbons (Fsp3) is 0.429. The van der Waals surface area contributed by atoms with Crippen molar-refractivity contribution in [2.45, 2.75) is 52.2 Å². The lowest BCUT2D eigenvalue weighted by atomic mass is 9.96. The van der Waals surface area contributed by atoms with E-state index in [1.807, 2.05) is 31.7 Å². The Morgan fingerprint density at radius 2 is 1.80 bits per heavy atom. The number of halogens is 1. The van der Waals surface area contributed by atoms with E-state index in [1.54, 1.807) is 12.1 Å². The maximum Gasteiger partial charge on any atom is 0.410 e. The van der Waals surface area contributed by atoms with Gasteiger partial charge in [0.2, 0.25) is 0 Å². The number of piperidine rings is 1. The van der Waals surface area contributed by atoms with E-state index < -0.39 is 5.60 Å². The number of esters is 1. The number of hydrogen-bond acceptors (Lipinski definition) is 4. The van der Waals surface area contributed by atoms with Crippen molar-refractivity contribution in [2.75, 3.05) is 20.2 Å². The van der Waals surface area contributed by atoms with E-state index >= 15 is 0 Å². The fourth-order valence-corrected chi connectivity index (χ4v) is 4.82. The van der Waals surface area contributed by atoms with E-state index in [1.165, 1.54) is 18.0 Å². The normalized spacial score (nSPS) is 14.8. The predicted octanol–water partition coefficient (Wildman–Crippen LogP) is 6.32. The maximum absolute atomic E-state index is 12.3. The SMILES string of the molecule is COC(=O)c1cc(Cl)ccc1Cc1ccc2c(ccn2CC2CCN(C(=O)OC(C)(C)C)CC2)c1. The number of nitrogens with zero attached hydrogens (tertiary/aromatic N) is 2. The van der Waals surface area contributed by atoms with Crippen molar-refractivity contribution in [1.82, 2.24) is 9.47 Å². The number of fused-ring (bicyclic) bond motifs is 1. The molecule has 0 atom stereocenters. The summed E-state index contributed by atoms with van der Waals surface area (Å²) < 4.78 is 12.7. The van der Waals surface area contributed by atoms with Crippen molar-refractivity contribution in [3.63, 3.8) is 0 Å². The Kier molecular flexibility index (Phi) is 7.41. The van der Waals surface area contributed by atoms with Gasteiger partial charge in [0.1, 0.15) is 5.60 Å². The lowest BCUT2D eigenvalue weighted by Crippen LogP contribution is -2.42. The summed E-state index contributed by atoms with van der Waals surface area (Å²) in [6.07, 6.45) is 4.46. The van der Waals surface area contributed by atoms with Crippen molar-refractivity contribution in [1.29, 1.82) is 0 Å². The zero-order valence-corrected chi connectivity index (χ0v) is 21.6. The molecule has 1 aliphatic rings. The summed E-state index contributed by atoms with van der Waals surface area (Å²) in [6, 6.07) is 13.9. The van der Waals surface area contributed by atoms with Crippen molar-refractivity contribution >= 4 is 34.6 Å². The number of hydrogen-bond donors (Lipinski definition) is 0. The van der Waals surface area contributed by atoms with Crippen molar-refractivity contribution in [2.24, 2.45) is 5.92 Å². The minimum absolute atomic E-state index is 0.217. The number of ether oxygens (including phenoxy) is 2. The van der Waals surface area contributed by atoms with Crippen LogP contribution >= 0.6 is 11.6 Å². The van der Waals surface area contributed by atoms with Gasteiger partial charge in [-0.1, -0.05) is 23.7 Å². The Morgan fingerprint density at radius 3 is 2.49 bits per heavy atom. The molecule has 186 valence electrons. The third-order valence-corrected chi connectivity index (χ3v) is 6.66. The van der Waals surface area contributed by atoms with E-state index in [0.29, 0.717) is 22.9 Å². The van der Waals surface area contributed by atoms with Gasteiger partial charge >= 0.3 is 12.1 Å². The highest BCUT2D eigenvalue weighted by Crippen LogP contribution is 2.26. The second kappa shape index (κ2) is 10.3. The number of benzene rings is 2. The number of methoxy groups -OCH3 is 1. The molecule has 6 nitrogen and oxygen atoms in total. The van der Waals surface area contributed by atoms with Crippen LogP contribution in [-0.2, 0) is 22.4 Å². The molecule has 0 radical (unpaired) electrons. The number of amides is 1. The lowest BCUT2D eigenvalue weighted by Gasteiger charge is -2.33. The van der Waals surface area contributed by atoms with Crippen LogP contribution in [0.1, 0.15) is 55.1 Å². The molecule has 0 aliphatic carbocycles. The molecule has 3 aromatic rings. The molecule has 0 spiro atoms. The predicted molar refractivity (Wildman–Crippen MR) is 138 cm³/mol. The molecular weight excluding hydrogens is 464 g/mol. The highest BCUT2D eigenvalue weighted by Gasteiger charge is 2.27. The monoisotopic (exact) mass is 496 g/mol. The standard InChI is InChI=1S/C28H33ClN2O4/c1-28(2,3)35-27(33)30-12-9-19(10-13-30)18-31-14-11-22-16-20(5-8-25(22)31)15-21-6-7-23(29)17-24(21)26(32)34-4/h5-8,11,14,16-17,19H,9-10,12-13,15,18H2,1-4H3. The first-order valence-electron chi connectivity index (χ1n) is 12.1. The molecule has 2 heterocycles. The first-order valence-corrected chi connectivity index (χ1v) is 12.4. The van der Waals surface area contributed by atoms with E-state index in [-0.39, 0.29) is 12.1 Å². The summed E-state index contributed by atoms with van der Waals surface area (Å²) >= 11 is 6.09. The topological polar surface area (TPSA) is 60.8 Å². The number of carbonyl (C=O) groups is 2. The molecule has 1 aromatic heterocycles. The van der Waals surface area contributed by atoms with Crippen LogP contribution in [0.3, 0.4) is 0 Å². The lowest BCUT2D eigenvalue weighted by molar-refractivity contribution is 0.0178. The summed E-state index contributed by atoms with van der Waals surface area (Å²) in [4.78, 5) is 26.3. The van der Waals surface area contributed by atoms with Crippen LogP contribution in [0, 0.1) is 5.92 Å². The second-order valence-electron chi connectivity index (χ2n) is 10.2. The molecule has 2 aromatic carbocycles. The second-order valence-corrected chi connectivity index (χ2v) is 10.7. The van der Waals surface area contributed by atoms with Gasteiger partial charge in [-0.2, -0.15) is 0 Å². The number of carbonyl (C=O) groups excluding carboxylic acids is 2. The van der Waals surface area contributed by atoms with Gasteiger partial charge in [0, 0.05) is 36.4 Å². The van der Waals surface area contributed by atoms with Gasteiger partial charge in [0.05, 0.1) is 12.7 Å². The average molecular weight is 497 g/mol. The molecule has 0 saturated carbocycles. The summed E-state index contributed by atoms with van der Waals surface area (Å²) in [5.41, 5.74) is 3.22. The Hall–Kier alpha value is -2.99. The summed E-state index contributed by atoms with van der Waals surface area (Å²) in [5, 5.41) is 1.68. The Labute approximate surface area is 211 Å². The van der Waals surface area contributed by atoms with Gasteiger partial charge in [-0.05, 0) is 92.8 Å². The van der Waals surface area contributed by atoms with Gasteiger partial charge in [-0.25, -0.2) is 9.59 Å². The Morgan fingerprint density at radius 1 is 1.06 bits per heavy atom. The van der Waals surface area contributed by atoms with Crippen LogP contribution in [0.25, 0.3) is 10.9 Å². The van der Waals surface area contributed by atoms with Crippen LogP contribution in [-0.4, -0.2) is 47.3 Å². The molecule has 0 unspecified atom stereocenters. The Bertz CT molecular complexity index is 1220. The van der Waals surface area contributed by atoms with Gasteiger partial charge in [-0.3, -0.25) is 0 Å². The van der Waals surface area contributed by atoms with E-state index in [2.05, 4.69) is 35.0 Å². The number of likely N-dealkylation sites (tertiary alicyclic amines) is 1. The molecule has 4 rings (SSSR count). The molecule has 0 bridgehead atoms. The van der Waals surface area contributed by atoms with Gasteiger partial charge in [0.15, 0.2) is 0 Å². The van der Waals surface area contributed by atoms with Crippen molar-refractivity contribution in [3.8, 4) is 0 Å². The highest BCUT2D eigenvalue weighted by molar-refractivity contribution is 6.31. The first kappa shape index (κ1) is 25.1. The van der Waals surface area contributed by atoms with Crippen LogP contribution in [0.4, 0.5) is 4.79 Å². The molecule has 0 N–H and O–H groups in total. The molecule has 35 heavy (non-hydrogen) atoms. The number of aromatic nitrogens is 1. The smallest absolute Gasteiger partial charge is 0.410 e. The van der Waals surface area contributed by atoms with E-state index in [9.17, 15) is 9.59 Å².